The Bertz CT molecular complexity index is 1030. The normalized spacial score (nSPS) is 10.9. The fraction of sp³-hybridized carbons (Fsp3) is 0.0476. The molecule has 0 radical (unpaired) electrons. The number of aromatic nitrogens is 1. The topological polar surface area (TPSA) is 30.0 Å². The van der Waals surface area contributed by atoms with Gasteiger partial charge in [-0.15, -0.1) is 11.3 Å². The lowest BCUT2D eigenvalue weighted by molar-refractivity contribution is 0.101. The van der Waals surface area contributed by atoms with Crippen LogP contribution in [0.25, 0.3) is 32.3 Å². The number of benzene rings is 2. The third-order valence-electron chi connectivity index (χ3n) is 4.17. The van der Waals surface area contributed by atoms with Crippen LogP contribution in [-0.4, -0.2) is 10.8 Å². The summed E-state index contributed by atoms with van der Waals surface area (Å²) in [6.07, 6.45) is 3.68. The van der Waals surface area contributed by atoms with Crippen molar-refractivity contribution >= 4 is 27.2 Å². The summed E-state index contributed by atoms with van der Waals surface area (Å²) < 4.78 is 1.21. The maximum absolute atomic E-state index is 11.9. The summed E-state index contributed by atoms with van der Waals surface area (Å²) in [6, 6.07) is 18.2. The van der Waals surface area contributed by atoms with E-state index in [1.807, 2.05) is 36.5 Å². The van der Waals surface area contributed by atoms with Crippen LogP contribution in [-0.2, 0) is 0 Å². The molecule has 2 aromatic carbocycles. The number of hydrogen-bond donors (Lipinski definition) is 0. The molecule has 0 unspecified atom stereocenters. The summed E-state index contributed by atoms with van der Waals surface area (Å²) in [5, 5.41) is 3.39. The highest BCUT2D eigenvalue weighted by Crippen LogP contribution is 2.36. The molecule has 24 heavy (non-hydrogen) atoms. The Kier molecular flexibility index (Phi) is 3.71. The van der Waals surface area contributed by atoms with E-state index < -0.39 is 0 Å². The number of ketones is 1. The second-order valence-corrected chi connectivity index (χ2v) is 6.62. The summed E-state index contributed by atoms with van der Waals surface area (Å²) in [4.78, 5) is 16.1. The molecule has 0 saturated carbocycles. The Morgan fingerprint density at radius 2 is 1.83 bits per heavy atom. The molecule has 0 N–H and O–H groups in total. The molecule has 0 fully saturated rings. The summed E-state index contributed by atoms with van der Waals surface area (Å²) in [7, 11) is 0. The molecular weight excluding hydrogens is 314 g/mol. The number of Topliss-reactive ketones (excluding diaryl/α,β-unsaturated/α-hetero) is 1. The third kappa shape index (κ3) is 2.53. The van der Waals surface area contributed by atoms with Gasteiger partial charge in [0.25, 0.3) is 0 Å². The SMILES string of the molecule is CC(=O)c1ccccc1-c1ccc2c(-c3cccnc3)csc2c1. The summed E-state index contributed by atoms with van der Waals surface area (Å²) in [6.45, 7) is 1.61. The smallest absolute Gasteiger partial charge is 0.160 e. The Balaban J connectivity index is 1.86. The number of thiophene rings is 1. The van der Waals surface area contributed by atoms with Crippen molar-refractivity contribution in [2.24, 2.45) is 0 Å². The van der Waals surface area contributed by atoms with Gasteiger partial charge in [0.05, 0.1) is 0 Å². The first-order chi connectivity index (χ1) is 11.7. The van der Waals surface area contributed by atoms with E-state index in [9.17, 15) is 4.79 Å². The Labute approximate surface area is 144 Å². The van der Waals surface area contributed by atoms with Crippen LogP contribution in [0.15, 0.2) is 72.4 Å². The molecule has 4 aromatic rings. The first kappa shape index (κ1) is 14.8. The van der Waals surface area contributed by atoms with Gasteiger partial charge >= 0.3 is 0 Å². The molecule has 0 aliphatic rings. The molecule has 0 atom stereocenters. The lowest BCUT2D eigenvalue weighted by Gasteiger charge is -2.07. The molecule has 0 amide bonds. The number of hydrogen-bond acceptors (Lipinski definition) is 3. The quantitative estimate of drug-likeness (QED) is 0.442. The minimum Gasteiger partial charge on any atom is -0.294 e. The molecule has 2 nitrogen and oxygen atoms in total. The minimum atomic E-state index is 0.0907. The maximum Gasteiger partial charge on any atom is 0.160 e. The molecule has 0 saturated heterocycles. The zero-order valence-electron chi connectivity index (χ0n) is 13.2. The van der Waals surface area contributed by atoms with Crippen molar-refractivity contribution in [1.29, 1.82) is 0 Å². The molecule has 0 aliphatic carbocycles. The van der Waals surface area contributed by atoms with Crippen LogP contribution in [0.3, 0.4) is 0 Å². The fourth-order valence-corrected chi connectivity index (χ4v) is 3.99. The highest BCUT2D eigenvalue weighted by Gasteiger charge is 2.11. The third-order valence-corrected chi connectivity index (χ3v) is 5.11. The molecule has 116 valence electrons. The zero-order chi connectivity index (χ0) is 16.5. The number of carbonyl (C=O) groups is 1. The maximum atomic E-state index is 11.9. The number of nitrogens with zero attached hydrogens (tertiary/aromatic N) is 1. The molecular formula is C21H15NOS. The van der Waals surface area contributed by atoms with Gasteiger partial charge in [0.1, 0.15) is 0 Å². The monoisotopic (exact) mass is 329 g/mol. The van der Waals surface area contributed by atoms with Gasteiger partial charge in [0.2, 0.25) is 0 Å². The average molecular weight is 329 g/mol. The van der Waals surface area contributed by atoms with E-state index >= 15 is 0 Å². The van der Waals surface area contributed by atoms with Gasteiger partial charge in [-0.05, 0) is 35.6 Å². The van der Waals surface area contributed by atoms with Gasteiger partial charge < -0.3 is 0 Å². The number of pyridine rings is 1. The first-order valence-corrected chi connectivity index (χ1v) is 8.64. The van der Waals surface area contributed by atoms with E-state index in [1.165, 1.54) is 15.6 Å². The largest absolute Gasteiger partial charge is 0.294 e. The van der Waals surface area contributed by atoms with Crippen molar-refractivity contribution in [2.75, 3.05) is 0 Å². The van der Waals surface area contributed by atoms with Crippen LogP contribution in [0.1, 0.15) is 17.3 Å². The van der Waals surface area contributed by atoms with E-state index in [0.29, 0.717) is 0 Å². The summed E-state index contributed by atoms with van der Waals surface area (Å²) in [5.41, 5.74) is 5.16. The molecule has 0 spiro atoms. The van der Waals surface area contributed by atoms with E-state index in [1.54, 1.807) is 24.5 Å². The van der Waals surface area contributed by atoms with E-state index in [-0.39, 0.29) is 5.78 Å². The number of rotatable bonds is 3. The van der Waals surface area contributed by atoms with Crippen molar-refractivity contribution in [3.63, 3.8) is 0 Å². The van der Waals surface area contributed by atoms with Crippen LogP contribution >= 0.6 is 11.3 Å². The van der Waals surface area contributed by atoms with E-state index in [2.05, 4.69) is 34.6 Å². The molecule has 2 heterocycles. The second-order valence-electron chi connectivity index (χ2n) is 5.70. The molecule has 0 aliphatic heterocycles. The predicted molar refractivity (Wildman–Crippen MR) is 100 cm³/mol. The second kappa shape index (κ2) is 6.02. The van der Waals surface area contributed by atoms with E-state index in [4.69, 9.17) is 0 Å². The van der Waals surface area contributed by atoms with Crippen molar-refractivity contribution in [1.82, 2.24) is 4.98 Å². The molecule has 2 aromatic heterocycles. The number of carbonyl (C=O) groups excluding carboxylic acids is 1. The van der Waals surface area contributed by atoms with Gasteiger partial charge in [0.15, 0.2) is 5.78 Å². The standard InChI is InChI=1S/C21H15NOS/c1-14(23)17-6-2-3-7-18(17)15-8-9-19-20(13-24-21(19)11-15)16-5-4-10-22-12-16/h2-13H,1H3. The van der Waals surface area contributed by atoms with Crippen molar-refractivity contribution in [3.8, 4) is 22.3 Å². The van der Waals surface area contributed by atoms with Crippen LogP contribution in [0.2, 0.25) is 0 Å². The van der Waals surface area contributed by atoms with Gasteiger partial charge in [-0.25, -0.2) is 0 Å². The highest BCUT2D eigenvalue weighted by molar-refractivity contribution is 7.17. The Morgan fingerprint density at radius 1 is 0.958 bits per heavy atom. The van der Waals surface area contributed by atoms with Gasteiger partial charge in [-0.3, -0.25) is 9.78 Å². The van der Waals surface area contributed by atoms with Crippen LogP contribution in [0, 0.1) is 0 Å². The van der Waals surface area contributed by atoms with Crippen molar-refractivity contribution in [3.05, 3.63) is 77.9 Å². The first-order valence-electron chi connectivity index (χ1n) is 7.76. The van der Waals surface area contributed by atoms with E-state index in [0.717, 1.165) is 22.3 Å². The summed E-state index contributed by atoms with van der Waals surface area (Å²) in [5.74, 6) is 0.0907. The lowest BCUT2D eigenvalue weighted by Crippen LogP contribution is -1.95. The van der Waals surface area contributed by atoms with Crippen LogP contribution in [0.5, 0.6) is 0 Å². The number of fused-ring (bicyclic) bond motifs is 1. The fourth-order valence-electron chi connectivity index (χ4n) is 2.98. The molecule has 4 rings (SSSR count). The van der Waals surface area contributed by atoms with Gasteiger partial charge in [-0.2, -0.15) is 0 Å². The van der Waals surface area contributed by atoms with Gasteiger partial charge in [-0.1, -0.05) is 42.5 Å². The molecule has 0 bridgehead atoms. The Morgan fingerprint density at radius 3 is 2.62 bits per heavy atom. The molecule has 3 heteroatoms. The van der Waals surface area contributed by atoms with Gasteiger partial charge in [0, 0.05) is 39.2 Å². The minimum absolute atomic E-state index is 0.0907. The summed E-state index contributed by atoms with van der Waals surface area (Å²) >= 11 is 1.72. The van der Waals surface area contributed by atoms with Crippen molar-refractivity contribution in [2.45, 2.75) is 6.92 Å². The highest BCUT2D eigenvalue weighted by atomic mass is 32.1. The van der Waals surface area contributed by atoms with Crippen LogP contribution < -0.4 is 0 Å². The average Bonchev–Trinajstić information content (AvgIpc) is 3.05. The van der Waals surface area contributed by atoms with Crippen LogP contribution in [0.4, 0.5) is 0 Å². The van der Waals surface area contributed by atoms with Crippen molar-refractivity contribution < 1.29 is 4.79 Å². The lowest BCUT2D eigenvalue weighted by atomic mass is 9.96. The zero-order valence-corrected chi connectivity index (χ0v) is 14.0. The Hall–Kier alpha value is -2.78. The predicted octanol–water partition coefficient (Wildman–Crippen LogP) is 5.83.